The molecule has 29 heavy (non-hydrogen) atoms. The number of fused-ring (bicyclic) bond motifs is 1. The van der Waals surface area contributed by atoms with Crippen LogP contribution in [0.3, 0.4) is 0 Å². The summed E-state index contributed by atoms with van der Waals surface area (Å²) in [5.41, 5.74) is 2.11. The molecule has 0 N–H and O–H groups in total. The van der Waals surface area contributed by atoms with Crippen molar-refractivity contribution >= 4 is 0 Å². The zero-order valence-corrected chi connectivity index (χ0v) is 18.3. The lowest BCUT2D eigenvalue weighted by atomic mass is 9.72. The summed E-state index contributed by atoms with van der Waals surface area (Å²) >= 11 is 0. The van der Waals surface area contributed by atoms with Crippen LogP contribution in [0, 0.1) is 5.41 Å². The highest BCUT2D eigenvalue weighted by Gasteiger charge is 2.28. The van der Waals surface area contributed by atoms with Gasteiger partial charge >= 0.3 is 6.01 Å². The summed E-state index contributed by atoms with van der Waals surface area (Å²) in [6, 6.07) is 10.1. The summed E-state index contributed by atoms with van der Waals surface area (Å²) in [5, 5.41) is 0. The lowest BCUT2D eigenvalue weighted by Gasteiger charge is -2.33. The summed E-state index contributed by atoms with van der Waals surface area (Å²) in [6.07, 6.45) is 0.904. The zero-order chi connectivity index (χ0) is 21.2. The topological polar surface area (TPSA) is 62.6 Å². The third-order valence-electron chi connectivity index (χ3n) is 5.07. The van der Waals surface area contributed by atoms with Gasteiger partial charge in [0.15, 0.2) is 6.10 Å². The maximum atomic E-state index is 11.7. The molecule has 0 fully saturated rings. The fraction of sp³-hybridized carbons (Fsp3) is 0.565. The molecule has 1 aliphatic rings. The second kappa shape index (κ2) is 8.19. The third kappa shape index (κ3) is 5.38. The van der Waals surface area contributed by atoms with Crippen molar-refractivity contribution in [2.75, 3.05) is 13.7 Å². The number of methoxy groups -OCH3 is 1. The van der Waals surface area contributed by atoms with Crippen LogP contribution in [0.1, 0.15) is 52.3 Å². The Kier molecular flexibility index (Phi) is 6.03. The molecule has 2 aromatic rings. The first kappa shape index (κ1) is 21.4. The predicted octanol–water partition coefficient (Wildman–Crippen LogP) is 3.94. The molecule has 6 nitrogen and oxygen atoms in total. The number of hydrogen-bond donors (Lipinski definition) is 0. The summed E-state index contributed by atoms with van der Waals surface area (Å²) in [6.45, 7) is 12.7. The molecule has 0 radical (unpaired) electrons. The van der Waals surface area contributed by atoms with E-state index in [4.69, 9.17) is 14.2 Å². The molecule has 6 heteroatoms. The molecule has 1 unspecified atom stereocenters. The van der Waals surface area contributed by atoms with Gasteiger partial charge in [0.1, 0.15) is 12.4 Å². The van der Waals surface area contributed by atoms with Gasteiger partial charge in [-0.2, -0.15) is 4.98 Å². The van der Waals surface area contributed by atoms with Crippen LogP contribution in [0.5, 0.6) is 11.8 Å². The van der Waals surface area contributed by atoms with Crippen LogP contribution in [0.15, 0.2) is 35.1 Å². The predicted molar refractivity (Wildman–Crippen MR) is 113 cm³/mol. The zero-order valence-electron chi connectivity index (χ0n) is 18.3. The number of nitrogens with zero attached hydrogens (tertiary/aromatic N) is 2. The molecule has 0 spiro atoms. The van der Waals surface area contributed by atoms with Crippen molar-refractivity contribution in [2.45, 2.75) is 65.7 Å². The minimum absolute atomic E-state index is 0.100. The van der Waals surface area contributed by atoms with Gasteiger partial charge in [0, 0.05) is 13.2 Å². The van der Waals surface area contributed by atoms with Crippen molar-refractivity contribution in [2.24, 2.45) is 5.41 Å². The maximum Gasteiger partial charge on any atom is 0.300 e. The second-order valence-corrected chi connectivity index (χ2v) is 9.61. The highest BCUT2D eigenvalue weighted by atomic mass is 16.6. The number of benzene rings is 1. The van der Waals surface area contributed by atoms with Crippen LogP contribution in [-0.4, -0.2) is 29.4 Å². The quantitative estimate of drug-likeness (QED) is 0.704. The Morgan fingerprint density at radius 3 is 2.48 bits per heavy atom. The summed E-state index contributed by atoms with van der Waals surface area (Å²) in [7, 11) is 1.60. The molecule has 3 rings (SSSR count). The summed E-state index contributed by atoms with van der Waals surface area (Å²) in [5.74, 6) is 0.805. The van der Waals surface area contributed by atoms with E-state index in [2.05, 4.69) is 51.7 Å². The SMILES string of the molecule is COCc1cc(=O)nc2n1CC(COc1ccc(C(C)(C)CC(C)(C)C)cc1)O2. The highest BCUT2D eigenvalue weighted by Crippen LogP contribution is 2.36. The number of hydrogen-bond acceptors (Lipinski definition) is 5. The van der Waals surface area contributed by atoms with Crippen LogP contribution in [0.2, 0.25) is 0 Å². The van der Waals surface area contributed by atoms with E-state index in [0.717, 1.165) is 17.9 Å². The average molecular weight is 401 g/mol. The number of ether oxygens (including phenoxy) is 3. The first-order valence-electron chi connectivity index (χ1n) is 10.1. The molecule has 1 aliphatic heterocycles. The Hall–Kier alpha value is -2.34. The van der Waals surface area contributed by atoms with E-state index in [-0.39, 0.29) is 22.5 Å². The smallest absolute Gasteiger partial charge is 0.300 e. The van der Waals surface area contributed by atoms with E-state index in [0.29, 0.717) is 25.8 Å². The summed E-state index contributed by atoms with van der Waals surface area (Å²) in [4.78, 5) is 15.7. The fourth-order valence-electron chi connectivity index (χ4n) is 4.18. The van der Waals surface area contributed by atoms with Gasteiger partial charge in [0.2, 0.25) is 0 Å². The molecule has 1 aromatic heterocycles. The molecule has 2 heterocycles. The van der Waals surface area contributed by atoms with E-state index in [1.807, 2.05) is 16.7 Å². The molecule has 0 saturated heterocycles. The summed E-state index contributed by atoms with van der Waals surface area (Å²) < 4.78 is 18.8. The van der Waals surface area contributed by atoms with Crippen LogP contribution < -0.4 is 15.0 Å². The Bertz CT molecular complexity index is 895. The first-order valence-corrected chi connectivity index (χ1v) is 10.1. The first-order chi connectivity index (χ1) is 13.6. The molecule has 1 aromatic carbocycles. The Morgan fingerprint density at radius 1 is 1.17 bits per heavy atom. The number of aromatic nitrogens is 2. The molecule has 1 atom stereocenters. The van der Waals surface area contributed by atoms with Crippen molar-refractivity contribution < 1.29 is 14.2 Å². The van der Waals surface area contributed by atoms with Gasteiger partial charge in [-0.25, -0.2) is 0 Å². The standard InChI is InChI=1S/C23H32N2O4/c1-22(2,3)15-23(4,5)16-7-9-18(10-8-16)28-14-19-12-25-17(13-27-6)11-20(26)24-21(25)29-19/h7-11,19H,12-15H2,1-6H3. The van der Waals surface area contributed by atoms with Crippen molar-refractivity contribution in [3.8, 4) is 11.8 Å². The molecular weight excluding hydrogens is 368 g/mol. The van der Waals surface area contributed by atoms with E-state index >= 15 is 0 Å². The van der Waals surface area contributed by atoms with Gasteiger partial charge in [-0.15, -0.1) is 0 Å². The van der Waals surface area contributed by atoms with Gasteiger partial charge in [0.25, 0.3) is 5.56 Å². The highest BCUT2D eigenvalue weighted by molar-refractivity contribution is 5.32. The molecule has 0 aliphatic carbocycles. The van der Waals surface area contributed by atoms with Gasteiger partial charge in [-0.3, -0.25) is 9.36 Å². The van der Waals surface area contributed by atoms with E-state index in [1.54, 1.807) is 7.11 Å². The minimum Gasteiger partial charge on any atom is -0.490 e. The average Bonchev–Trinajstić information content (AvgIpc) is 3.01. The second-order valence-electron chi connectivity index (χ2n) is 9.61. The molecular formula is C23H32N2O4. The lowest BCUT2D eigenvalue weighted by Crippen LogP contribution is -2.25. The van der Waals surface area contributed by atoms with E-state index < -0.39 is 0 Å². The van der Waals surface area contributed by atoms with Crippen LogP contribution in [0.4, 0.5) is 0 Å². The largest absolute Gasteiger partial charge is 0.490 e. The van der Waals surface area contributed by atoms with Gasteiger partial charge in [-0.05, 0) is 34.9 Å². The Balaban J connectivity index is 1.61. The Labute approximate surface area is 172 Å². The van der Waals surface area contributed by atoms with Gasteiger partial charge in [0.05, 0.1) is 18.8 Å². The maximum absolute atomic E-state index is 11.7. The molecule has 158 valence electrons. The monoisotopic (exact) mass is 400 g/mol. The third-order valence-corrected chi connectivity index (χ3v) is 5.07. The molecule has 0 amide bonds. The Morgan fingerprint density at radius 2 is 1.86 bits per heavy atom. The minimum atomic E-state index is -0.321. The van der Waals surface area contributed by atoms with Crippen molar-refractivity contribution in [3.63, 3.8) is 0 Å². The lowest BCUT2D eigenvalue weighted by molar-refractivity contribution is 0.143. The van der Waals surface area contributed by atoms with Gasteiger partial charge < -0.3 is 14.2 Å². The number of rotatable bonds is 7. The molecule has 0 bridgehead atoms. The van der Waals surface area contributed by atoms with Gasteiger partial charge in [-0.1, -0.05) is 46.8 Å². The fourth-order valence-corrected chi connectivity index (χ4v) is 4.18. The molecule has 0 saturated carbocycles. The van der Waals surface area contributed by atoms with E-state index in [1.165, 1.54) is 11.6 Å². The van der Waals surface area contributed by atoms with E-state index in [9.17, 15) is 4.79 Å². The van der Waals surface area contributed by atoms with Crippen molar-refractivity contribution in [3.05, 3.63) is 51.9 Å². The normalized spacial score (nSPS) is 16.4. The van der Waals surface area contributed by atoms with Crippen LogP contribution >= 0.6 is 0 Å². The van der Waals surface area contributed by atoms with Crippen LogP contribution in [-0.2, 0) is 23.3 Å². The van der Waals surface area contributed by atoms with Crippen molar-refractivity contribution in [1.82, 2.24) is 9.55 Å². The van der Waals surface area contributed by atoms with Crippen molar-refractivity contribution in [1.29, 1.82) is 0 Å². The van der Waals surface area contributed by atoms with Crippen LogP contribution in [0.25, 0.3) is 0 Å².